The van der Waals surface area contributed by atoms with Crippen molar-refractivity contribution in [1.82, 2.24) is 4.37 Å². The number of carbonyl (C=O) groups excluding carboxylic acids is 1. The number of ether oxygens (including phenoxy) is 1. The van der Waals surface area contributed by atoms with Crippen LogP contribution in [0.1, 0.15) is 30.7 Å². The average molecular weight is 427 g/mol. The number of hydrogen-bond donors (Lipinski definition) is 2. The Morgan fingerprint density at radius 1 is 1.43 bits per heavy atom. The van der Waals surface area contributed by atoms with Gasteiger partial charge in [-0.2, -0.15) is 4.37 Å². The second-order valence-corrected chi connectivity index (χ2v) is 7.92. The molecule has 2 atom stereocenters. The number of aromatic nitrogens is 1. The molecule has 0 saturated heterocycles. The summed E-state index contributed by atoms with van der Waals surface area (Å²) in [6, 6.07) is 3.61. The predicted molar refractivity (Wildman–Crippen MR) is 105 cm³/mol. The highest BCUT2D eigenvalue weighted by Crippen LogP contribution is 2.50. The lowest BCUT2D eigenvalue weighted by Crippen LogP contribution is -2.31. The zero-order valence-corrected chi connectivity index (χ0v) is 16.6. The van der Waals surface area contributed by atoms with E-state index >= 15 is 0 Å². The number of amides is 1. The van der Waals surface area contributed by atoms with Gasteiger partial charge < -0.3 is 20.5 Å². The number of anilines is 1. The van der Waals surface area contributed by atoms with Gasteiger partial charge in [-0.15, -0.1) is 11.8 Å². The zero-order valence-electron chi connectivity index (χ0n) is 15.0. The highest BCUT2D eigenvalue weighted by atomic mass is 32.2. The molecule has 28 heavy (non-hydrogen) atoms. The fraction of sp³-hybridized carbons (Fsp3) is 0.333. The van der Waals surface area contributed by atoms with Crippen LogP contribution in [0.3, 0.4) is 0 Å². The van der Waals surface area contributed by atoms with Crippen molar-refractivity contribution >= 4 is 34.9 Å². The van der Waals surface area contributed by atoms with Crippen LogP contribution in [-0.4, -0.2) is 28.1 Å². The van der Waals surface area contributed by atoms with E-state index in [1.54, 1.807) is 6.92 Å². The maximum Gasteiger partial charge on any atom is 0.265 e. The van der Waals surface area contributed by atoms with Crippen molar-refractivity contribution in [3.63, 3.8) is 0 Å². The summed E-state index contributed by atoms with van der Waals surface area (Å²) >= 11 is 2.14. The summed E-state index contributed by atoms with van der Waals surface area (Å²) in [5, 5.41) is 10.4. The highest BCUT2D eigenvalue weighted by Gasteiger charge is 2.37. The lowest BCUT2D eigenvalue weighted by molar-refractivity contribution is -0.114. The summed E-state index contributed by atoms with van der Waals surface area (Å²) < 4.78 is 38.6. The monoisotopic (exact) mass is 427 g/mol. The van der Waals surface area contributed by atoms with E-state index in [4.69, 9.17) is 10.5 Å². The topological polar surface area (TPSA) is 88.7 Å². The molecule has 0 bridgehead atoms. The van der Waals surface area contributed by atoms with Gasteiger partial charge in [0, 0.05) is 16.9 Å². The van der Waals surface area contributed by atoms with E-state index in [1.807, 2.05) is 0 Å². The summed E-state index contributed by atoms with van der Waals surface area (Å²) in [6.45, 7) is 2.02. The van der Waals surface area contributed by atoms with Crippen molar-refractivity contribution in [2.45, 2.75) is 31.2 Å². The summed E-state index contributed by atoms with van der Waals surface area (Å²) in [6.07, 6.45) is 2.23. The number of aliphatic hydroxyl groups is 1. The van der Waals surface area contributed by atoms with Gasteiger partial charge in [0.15, 0.2) is 0 Å². The van der Waals surface area contributed by atoms with Gasteiger partial charge in [0.25, 0.3) is 5.91 Å². The fourth-order valence-corrected chi connectivity index (χ4v) is 4.60. The van der Waals surface area contributed by atoms with E-state index in [1.165, 1.54) is 34.7 Å². The first kappa shape index (κ1) is 20.6. The molecular weight excluding hydrogens is 408 g/mol. The summed E-state index contributed by atoms with van der Waals surface area (Å²) in [5.41, 5.74) is 5.82. The van der Waals surface area contributed by atoms with Crippen molar-refractivity contribution in [2.24, 2.45) is 5.73 Å². The number of nitrogens with two attached hydrogens (primary N) is 1. The minimum absolute atomic E-state index is 0.103. The molecule has 3 N–H and O–H groups in total. The van der Waals surface area contributed by atoms with E-state index in [0.29, 0.717) is 30.2 Å². The quantitative estimate of drug-likeness (QED) is 0.627. The molecule has 1 aromatic heterocycles. The lowest BCUT2D eigenvalue weighted by Gasteiger charge is -2.28. The van der Waals surface area contributed by atoms with Crippen LogP contribution < -0.4 is 15.4 Å². The number of primary amides is 1. The molecule has 0 spiro atoms. The van der Waals surface area contributed by atoms with Crippen LogP contribution in [0.2, 0.25) is 0 Å². The van der Waals surface area contributed by atoms with Gasteiger partial charge in [-0.25, -0.2) is 8.78 Å². The Bertz CT molecular complexity index is 868. The van der Waals surface area contributed by atoms with Crippen molar-refractivity contribution in [3.05, 3.63) is 52.7 Å². The first-order chi connectivity index (χ1) is 13.4. The Labute approximate surface area is 169 Å². The number of carbonyl (C=O) groups is 1. The maximum atomic E-state index is 14.4. The number of benzene rings is 1. The van der Waals surface area contributed by atoms with Gasteiger partial charge in [0.2, 0.25) is 5.06 Å². The lowest BCUT2D eigenvalue weighted by atomic mass is 10.1. The second kappa shape index (κ2) is 8.89. The Hall–Kier alpha value is -2.17. The molecule has 0 fully saturated rings. The minimum atomic E-state index is -0.861. The van der Waals surface area contributed by atoms with Crippen LogP contribution >= 0.6 is 23.3 Å². The van der Waals surface area contributed by atoms with Crippen LogP contribution in [0.15, 0.2) is 35.5 Å². The fourth-order valence-electron chi connectivity index (χ4n) is 2.78. The summed E-state index contributed by atoms with van der Waals surface area (Å²) in [4.78, 5) is 13.4. The number of hydrogen-bond acceptors (Lipinski definition) is 7. The van der Waals surface area contributed by atoms with Gasteiger partial charge in [0.1, 0.15) is 28.4 Å². The molecule has 0 aliphatic carbocycles. The average Bonchev–Trinajstić information content (AvgIpc) is 3.25. The third-order valence-corrected chi connectivity index (χ3v) is 5.85. The Balaban J connectivity index is 1.91. The van der Waals surface area contributed by atoms with Gasteiger partial charge in [-0.1, -0.05) is 6.07 Å². The molecule has 2 aromatic rings. The number of thioether (sulfide) groups is 1. The van der Waals surface area contributed by atoms with E-state index in [9.17, 15) is 18.7 Å². The van der Waals surface area contributed by atoms with Crippen LogP contribution in [0.4, 0.5) is 14.5 Å². The third kappa shape index (κ3) is 4.29. The smallest absolute Gasteiger partial charge is 0.265 e. The Morgan fingerprint density at radius 3 is 2.79 bits per heavy atom. The van der Waals surface area contributed by atoms with E-state index in [2.05, 4.69) is 4.37 Å². The minimum Gasteiger partial charge on any atom is -0.481 e. The van der Waals surface area contributed by atoms with E-state index in [-0.39, 0.29) is 11.3 Å². The molecule has 6 nitrogen and oxygen atoms in total. The predicted octanol–water partition coefficient (Wildman–Crippen LogP) is 3.54. The second-order valence-electron chi connectivity index (χ2n) is 6.20. The van der Waals surface area contributed by atoms with Crippen LogP contribution in [-0.2, 0) is 4.79 Å². The van der Waals surface area contributed by atoms with E-state index in [0.717, 1.165) is 23.3 Å². The summed E-state index contributed by atoms with van der Waals surface area (Å²) in [5.74, 6) is -2.16. The van der Waals surface area contributed by atoms with Gasteiger partial charge in [0.05, 0.1) is 24.5 Å². The largest absolute Gasteiger partial charge is 0.481 e. The van der Waals surface area contributed by atoms with Crippen molar-refractivity contribution < 1.29 is 23.4 Å². The molecular formula is C18H19F2N3O3S2. The molecule has 1 aliphatic heterocycles. The molecule has 1 aromatic carbocycles. The molecule has 10 heteroatoms. The first-order valence-electron chi connectivity index (χ1n) is 8.54. The third-order valence-electron chi connectivity index (χ3n) is 4.08. The van der Waals surface area contributed by atoms with Gasteiger partial charge in [-0.3, -0.25) is 4.79 Å². The molecule has 0 saturated carbocycles. The van der Waals surface area contributed by atoms with Crippen LogP contribution in [0.25, 0.3) is 0 Å². The molecule has 1 aliphatic rings. The van der Waals surface area contributed by atoms with Crippen molar-refractivity contribution in [1.29, 1.82) is 0 Å². The molecule has 0 radical (unpaired) electrons. The number of halogens is 2. The van der Waals surface area contributed by atoms with Crippen molar-refractivity contribution in [2.75, 3.05) is 11.5 Å². The normalized spacial score (nSPS) is 17.5. The number of aliphatic hydroxyl groups excluding tert-OH is 1. The van der Waals surface area contributed by atoms with Crippen molar-refractivity contribution in [3.8, 4) is 5.06 Å². The Kier molecular flexibility index (Phi) is 6.53. The SMILES string of the molecule is CC(O)CCCOc1sncc1N1C(C(N)=O)=CSC1c1c(F)cccc1F. The molecule has 150 valence electrons. The van der Waals surface area contributed by atoms with Gasteiger partial charge >= 0.3 is 0 Å². The standard InChI is InChI=1S/C18H19F2N3O3S2/c1-10(24)4-3-7-26-18-13(8-22-28-18)23-14(16(21)25)9-27-17(23)15-11(19)5-2-6-12(15)20/h2,5-6,8-10,17,24H,3-4,7H2,1H3,(H2,21,25). The highest BCUT2D eigenvalue weighted by molar-refractivity contribution is 8.02. The number of rotatable bonds is 8. The Morgan fingerprint density at radius 2 is 2.14 bits per heavy atom. The molecule has 3 rings (SSSR count). The van der Waals surface area contributed by atoms with Gasteiger partial charge in [-0.05, 0) is 31.9 Å². The molecule has 2 unspecified atom stereocenters. The van der Waals surface area contributed by atoms with Crippen LogP contribution in [0, 0.1) is 11.6 Å². The zero-order chi connectivity index (χ0) is 20.3. The van der Waals surface area contributed by atoms with Crippen LogP contribution in [0.5, 0.6) is 5.06 Å². The first-order valence-corrected chi connectivity index (χ1v) is 10.3. The summed E-state index contributed by atoms with van der Waals surface area (Å²) in [7, 11) is 0. The number of nitrogens with zero attached hydrogens (tertiary/aromatic N) is 2. The molecule has 1 amide bonds. The molecule has 2 heterocycles. The maximum absolute atomic E-state index is 14.4. The van der Waals surface area contributed by atoms with E-state index < -0.39 is 29.0 Å².